The predicted molar refractivity (Wildman–Crippen MR) is 95.9 cm³/mol. The molecule has 3 rings (SSSR count). The van der Waals surface area contributed by atoms with E-state index in [1.54, 1.807) is 12.1 Å². The van der Waals surface area contributed by atoms with Crippen LogP contribution in [0, 0.1) is 0 Å². The largest absolute Gasteiger partial charge is 0.365 e. The van der Waals surface area contributed by atoms with Crippen molar-refractivity contribution in [2.75, 3.05) is 5.32 Å². The minimum atomic E-state index is -0.499. The number of hydrogen-bond acceptors (Lipinski definition) is 4. The third-order valence-corrected chi connectivity index (χ3v) is 5.66. The Bertz CT molecular complexity index is 788. The molecule has 7 heteroatoms. The summed E-state index contributed by atoms with van der Waals surface area (Å²) >= 11 is 7.42. The lowest BCUT2D eigenvalue weighted by atomic mass is 9.96. The Morgan fingerprint density at radius 1 is 1.21 bits per heavy atom. The molecule has 2 heterocycles. The molecule has 24 heavy (non-hydrogen) atoms. The summed E-state index contributed by atoms with van der Waals surface area (Å²) in [5.41, 5.74) is 7.32. The molecule has 0 fully saturated rings. The van der Waals surface area contributed by atoms with E-state index in [-0.39, 0.29) is 16.6 Å². The van der Waals surface area contributed by atoms with Gasteiger partial charge >= 0.3 is 0 Å². The summed E-state index contributed by atoms with van der Waals surface area (Å²) in [6.07, 6.45) is 7.73. The topological polar surface area (TPSA) is 85.1 Å². The van der Waals surface area contributed by atoms with Crippen molar-refractivity contribution in [1.29, 1.82) is 0 Å². The SMILES string of the molecule is NC(=O)c1c(NC(=O)c2cccnc2Cl)sc2c1CCCCCC2. The molecule has 5 nitrogen and oxygen atoms in total. The van der Waals surface area contributed by atoms with Gasteiger partial charge in [-0.25, -0.2) is 4.98 Å². The van der Waals surface area contributed by atoms with Crippen LogP contribution in [0.5, 0.6) is 0 Å². The van der Waals surface area contributed by atoms with Gasteiger partial charge in [0.2, 0.25) is 0 Å². The number of nitrogens with one attached hydrogen (secondary N) is 1. The minimum Gasteiger partial charge on any atom is -0.365 e. The first-order chi connectivity index (χ1) is 11.6. The van der Waals surface area contributed by atoms with Crippen LogP contribution < -0.4 is 11.1 Å². The summed E-state index contributed by atoms with van der Waals surface area (Å²) in [7, 11) is 0. The Morgan fingerprint density at radius 3 is 2.67 bits per heavy atom. The summed E-state index contributed by atoms with van der Waals surface area (Å²) in [4.78, 5) is 29.5. The van der Waals surface area contributed by atoms with Crippen molar-refractivity contribution in [1.82, 2.24) is 4.98 Å². The maximum atomic E-state index is 12.5. The van der Waals surface area contributed by atoms with Crippen LogP contribution >= 0.6 is 22.9 Å². The first kappa shape index (κ1) is 16.9. The van der Waals surface area contributed by atoms with Gasteiger partial charge in [-0.15, -0.1) is 11.3 Å². The lowest BCUT2D eigenvalue weighted by Gasteiger charge is -2.10. The zero-order chi connectivity index (χ0) is 17.1. The number of nitrogens with zero attached hydrogens (tertiary/aromatic N) is 1. The lowest BCUT2D eigenvalue weighted by Crippen LogP contribution is -2.18. The van der Waals surface area contributed by atoms with Gasteiger partial charge in [0.1, 0.15) is 10.2 Å². The number of pyridine rings is 1. The van der Waals surface area contributed by atoms with E-state index < -0.39 is 5.91 Å². The quantitative estimate of drug-likeness (QED) is 0.813. The van der Waals surface area contributed by atoms with E-state index in [2.05, 4.69) is 10.3 Å². The molecule has 0 atom stereocenters. The van der Waals surface area contributed by atoms with Crippen molar-refractivity contribution in [2.45, 2.75) is 38.5 Å². The highest BCUT2D eigenvalue weighted by Gasteiger charge is 2.24. The average Bonchev–Trinajstić information content (AvgIpc) is 2.84. The molecule has 0 spiro atoms. The molecule has 2 amide bonds. The van der Waals surface area contributed by atoms with E-state index in [4.69, 9.17) is 17.3 Å². The third kappa shape index (κ3) is 3.44. The number of nitrogens with two attached hydrogens (primary N) is 1. The van der Waals surface area contributed by atoms with Crippen molar-refractivity contribution >= 4 is 39.8 Å². The number of carbonyl (C=O) groups excluding carboxylic acids is 2. The van der Waals surface area contributed by atoms with E-state index in [0.717, 1.165) is 42.5 Å². The maximum absolute atomic E-state index is 12.5. The van der Waals surface area contributed by atoms with Gasteiger partial charge < -0.3 is 11.1 Å². The van der Waals surface area contributed by atoms with Gasteiger partial charge in [-0.3, -0.25) is 9.59 Å². The Hall–Kier alpha value is -1.92. The Labute approximate surface area is 149 Å². The molecular formula is C17H18ClN3O2S. The van der Waals surface area contributed by atoms with Gasteiger partial charge in [-0.1, -0.05) is 24.4 Å². The zero-order valence-corrected chi connectivity index (χ0v) is 14.7. The number of aryl methyl sites for hydroxylation is 1. The number of fused-ring (bicyclic) bond motifs is 1. The number of carbonyl (C=O) groups is 2. The van der Waals surface area contributed by atoms with Crippen LogP contribution in [0.25, 0.3) is 0 Å². The predicted octanol–water partition coefficient (Wildman–Crippen LogP) is 3.81. The molecule has 0 radical (unpaired) electrons. The molecule has 0 aromatic carbocycles. The summed E-state index contributed by atoms with van der Waals surface area (Å²) in [5.74, 6) is -0.884. The fourth-order valence-corrected chi connectivity index (χ4v) is 4.49. The van der Waals surface area contributed by atoms with Gasteiger partial charge in [-0.05, 0) is 43.4 Å². The van der Waals surface area contributed by atoms with Gasteiger partial charge in [0, 0.05) is 11.1 Å². The summed E-state index contributed by atoms with van der Waals surface area (Å²) < 4.78 is 0. The van der Waals surface area contributed by atoms with Gasteiger partial charge in [0.25, 0.3) is 11.8 Å². The van der Waals surface area contributed by atoms with Crippen LogP contribution in [0.15, 0.2) is 18.3 Å². The first-order valence-electron chi connectivity index (χ1n) is 7.94. The fourth-order valence-electron chi connectivity index (χ4n) is 2.99. The van der Waals surface area contributed by atoms with Crippen molar-refractivity contribution in [3.05, 3.63) is 45.1 Å². The van der Waals surface area contributed by atoms with Crippen LogP contribution in [0.1, 0.15) is 56.8 Å². The number of hydrogen-bond donors (Lipinski definition) is 2. The second-order valence-electron chi connectivity index (χ2n) is 5.78. The van der Waals surface area contributed by atoms with Crippen LogP contribution in [-0.4, -0.2) is 16.8 Å². The number of amides is 2. The van der Waals surface area contributed by atoms with Crippen LogP contribution in [-0.2, 0) is 12.8 Å². The van der Waals surface area contributed by atoms with Gasteiger partial charge in [0.15, 0.2) is 0 Å². The molecule has 1 aliphatic carbocycles. The third-order valence-electron chi connectivity index (χ3n) is 4.15. The number of primary amides is 1. The number of halogens is 1. The van der Waals surface area contributed by atoms with Crippen molar-refractivity contribution < 1.29 is 9.59 Å². The zero-order valence-electron chi connectivity index (χ0n) is 13.1. The molecule has 2 aromatic rings. The van der Waals surface area contributed by atoms with E-state index in [9.17, 15) is 9.59 Å². The highest BCUT2D eigenvalue weighted by Crippen LogP contribution is 2.37. The number of thiophene rings is 1. The van der Waals surface area contributed by atoms with Gasteiger partial charge in [0.05, 0.1) is 11.1 Å². The maximum Gasteiger partial charge on any atom is 0.259 e. The number of rotatable bonds is 3. The van der Waals surface area contributed by atoms with Crippen LogP contribution in [0.2, 0.25) is 5.15 Å². The van der Waals surface area contributed by atoms with Crippen molar-refractivity contribution in [3.8, 4) is 0 Å². The Morgan fingerprint density at radius 2 is 1.96 bits per heavy atom. The molecule has 0 unspecified atom stereocenters. The standard InChI is InChI=1S/C17H18ClN3O2S/c18-14-11(7-5-9-20-14)16(23)21-17-13(15(19)22)10-6-3-1-2-4-8-12(10)24-17/h5,7,9H,1-4,6,8H2,(H2,19,22)(H,21,23). The van der Waals surface area contributed by atoms with E-state index in [1.165, 1.54) is 24.0 Å². The molecule has 0 bridgehead atoms. The van der Waals surface area contributed by atoms with Crippen LogP contribution in [0.4, 0.5) is 5.00 Å². The highest BCUT2D eigenvalue weighted by atomic mass is 35.5. The molecule has 126 valence electrons. The number of anilines is 1. The van der Waals surface area contributed by atoms with E-state index in [1.807, 2.05) is 0 Å². The molecule has 1 aliphatic rings. The monoisotopic (exact) mass is 363 g/mol. The summed E-state index contributed by atoms with van der Waals surface area (Å²) in [5, 5.41) is 3.44. The first-order valence-corrected chi connectivity index (χ1v) is 9.13. The van der Waals surface area contributed by atoms with Crippen LogP contribution in [0.3, 0.4) is 0 Å². The molecule has 0 aliphatic heterocycles. The Kier molecular flexibility index (Phi) is 5.16. The fraction of sp³-hybridized carbons (Fsp3) is 0.353. The van der Waals surface area contributed by atoms with Crippen molar-refractivity contribution in [3.63, 3.8) is 0 Å². The smallest absolute Gasteiger partial charge is 0.259 e. The Balaban J connectivity index is 1.95. The molecular weight excluding hydrogens is 346 g/mol. The van der Waals surface area contributed by atoms with Gasteiger partial charge in [-0.2, -0.15) is 0 Å². The summed E-state index contributed by atoms with van der Waals surface area (Å²) in [6.45, 7) is 0. The summed E-state index contributed by atoms with van der Waals surface area (Å²) in [6, 6.07) is 3.24. The molecule has 0 saturated carbocycles. The minimum absolute atomic E-state index is 0.130. The van der Waals surface area contributed by atoms with E-state index in [0.29, 0.717) is 10.6 Å². The normalized spacial score (nSPS) is 14.4. The second-order valence-corrected chi connectivity index (χ2v) is 7.25. The molecule has 0 saturated heterocycles. The van der Waals surface area contributed by atoms with Crippen molar-refractivity contribution in [2.24, 2.45) is 5.73 Å². The number of aromatic nitrogens is 1. The molecule has 3 N–H and O–H groups in total. The molecule has 2 aromatic heterocycles. The highest BCUT2D eigenvalue weighted by molar-refractivity contribution is 7.17. The lowest BCUT2D eigenvalue weighted by molar-refractivity contribution is 0.100. The average molecular weight is 364 g/mol. The second kappa shape index (κ2) is 7.32. The van der Waals surface area contributed by atoms with E-state index >= 15 is 0 Å².